The summed E-state index contributed by atoms with van der Waals surface area (Å²) in [7, 11) is 0. The second-order valence-corrected chi connectivity index (χ2v) is 10.9. The maximum absolute atomic E-state index is 15.0. The number of hydrogen-bond donors (Lipinski definition) is 0. The monoisotopic (exact) mass is 538 g/mol. The van der Waals surface area contributed by atoms with Gasteiger partial charge in [0.05, 0.1) is 17.4 Å². The van der Waals surface area contributed by atoms with Crippen LogP contribution in [0.4, 0.5) is 15.8 Å². The number of rotatable bonds is 5. The molecular weight excluding hydrogens is 511 g/mol. The lowest BCUT2D eigenvalue weighted by Crippen LogP contribution is -2.52. The molecule has 1 aromatic heterocycles. The zero-order valence-electron chi connectivity index (χ0n) is 21.9. The third kappa shape index (κ3) is 3.33. The zero-order valence-corrected chi connectivity index (χ0v) is 21.9. The molecule has 2 fully saturated rings. The average Bonchev–Trinajstić information content (AvgIpc) is 3.69. The van der Waals surface area contributed by atoms with Gasteiger partial charge >= 0.3 is 5.69 Å². The SMILES string of the molecule is Cc1noc([C@H]2[C@H](c3cccc(F)c3)[C@H]3CCCN3[C@]23C(=O)N(Cc2ccccc2)c2ccccc23)c1[N+](=O)[O-]. The lowest BCUT2D eigenvalue weighted by molar-refractivity contribution is -0.386. The van der Waals surface area contributed by atoms with E-state index >= 15 is 4.79 Å². The molecule has 3 aliphatic heterocycles. The molecule has 0 unspecified atom stereocenters. The molecule has 40 heavy (non-hydrogen) atoms. The van der Waals surface area contributed by atoms with Gasteiger partial charge in [-0.05, 0) is 55.6 Å². The van der Waals surface area contributed by atoms with E-state index in [4.69, 9.17) is 4.52 Å². The molecule has 0 radical (unpaired) electrons. The molecule has 0 N–H and O–H groups in total. The van der Waals surface area contributed by atoms with Crippen LogP contribution in [-0.4, -0.2) is 33.5 Å². The number of hydrogen-bond acceptors (Lipinski definition) is 6. The van der Waals surface area contributed by atoms with Crippen molar-refractivity contribution in [3.63, 3.8) is 0 Å². The van der Waals surface area contributed by atoms with Crippen LogP contribution in [0.1, 0.15) is 52.8 Å². The molecule has 4 atom stereocenters. The first-order valence-corrected chi connectivity index (χ1v) is 13.5. The van der Waals surface area contributed by atoms with E-state index < -0.39 is 28.1 Å². The van der Waals surface area contributed by atoms with Crippen LogP contribution in [0.3, 0.4) is 0 Å². The Balaban J connectivity index is 1.51. The molecule has 9 heteroatoms. The Morgan fingerprint density at radius 2 is 1.88 bits per heavy atom. The number of amides is 1. The van der Waals surface area contributed by atoms with Crippen LogP contribution in [0.25, 0.3) is 0 Å². The van der Waals surface area contributed by atoms with E-state index in [-0.39, 0.29) is 29.1 Å². The predicted octanol–water partition coefficient (Wildman–Crippen LogP) is 5.82. The van der Waals surface area contributed by atoms with Gasteiger partial charge in [-0.2, -0.15) is 0 Å². The van der Waals surface area contributed by atoms with E-state index in [1.54, 1.807) is 11.0 Å². The van der Waals surface area contributed by atoms with Crippen molar-refractivity contribution in [3.05, 3.63) is 123 Å². The number of aryl methyl sites for hydroxylation is 1. The highest BCUT2D eigenvalue weighted by Crippen LogP contribution is 2.66. The Bertz CT molecular complexity index is 1640. The molecule has 202 valence electrons. The van der Waals surface area contributed by atoms with E-state index in [0.29, 0.717) is 18.7 Å². The number of nitrogens with zero attached hydrogens (tertiary/aromatic N) is 4. The van der Waals surface area contributed by atoms with Gasteiger partial charge in [-0.15, -0.1) is 0 Å². The highest BCUT2D eigenvalue weighted by atomic mass is 19.1. The summed E-state index contributed by atoms with van der Waals surface area (Å²) >= 11 is 0. The van der Waals surface area contributed by atoms with Crippen LogP contribution in [0.15, 0.2) is 83.4 Å². The molecule has 1 spiro atoms. The predicted molar refractivity (Wildman–Crippen MR) is 145 cm³/mol. The first-order valence-electron chi connectivity index (χ1n) is 13.5. The van der Waals surface area contributed by atoms with Crippen molar-refractivity contribution in [2.75, 3.05) is 11.4 Å². The normalized spacial score (nSPS) is 25.5. The molecule has 4 aromatic rings. The Kier molecular flexibility index (Phi) is 5.60. The maximum Gasteiger partial charge on any atom is 0.334 e. The third-order valence-electron chi connectivity index (χ3n) is 8.89. The molecule has 1 amide bonds. The van der Waals surface area contributed by atoms with E-state index in [1.165, 1.54) is 19.1 Å². The fourth-order valence-corrected chi connectivity index (χ4v) is 7.52. The third-order valence-corrected chi connectivity index (χ3v) is 8.89. The second-order valence-electron chi connectivity index (χ2n) is 10.9. The maximum atomic E-state index is 15.0. The van der Waals surface area contributed by atoms with Crippen molar-refractivity contribution < 1.29 is 18.6 Å². The Labute approximate surface area is 230 Å². The summed E-state index contributed by atoms with van der Waals surface area (Å²) in [5.41, 5.74) is 1.87. The van der Waals surface area contributed by atoms with Gasteiger partial charge in [-0.1, -0.05) is 65.8 Å². The topological polar surface area (TPSA) is 92.7 Å². The van der Waals surface area contributed by atoms with Crippen molar-refractivity contribution in [3.8, 4) is 0 Å². The Morgan fingerprint density at radius 3 is 2.65 bits per heavy atom. The van der Waals surface area contributed by atoms with E-state index in [1.807, 2.05) is 60.7 Å². The van der Waals surface area contributed by atoms with Crippen molar-refractivity contribution >= 4 is 17.3 Å². The van der Waals surface area contributed by atoms with Gasteiger partial charge in [0, 0.05) is 23.2 Å². The van der Waals surface area contributed by atoms with Crippen molar-refractivity contribution in [2.45, 2.75) is 49.7 Å². The molecule has 8 nitrogen and oxygen atoms in total. The standard InChI is InChI=1S/C31H27FN4O4/c1-19-28(36(38)39)29(40-33-19)27-26(21-11-7-12-22(32)17-21)25-15-8-16-35(25)31(27)23-13-5-6-14-24(23)34(30(31)37)18-20-9-3-2-4-10-20/h2-7,9-14,17,25-27H,8,15-16,18H2,1H3/t25-,26-,27-,31+/m1/s1. The number of fused-ring (bicyclic) bond motifs is 4. The van der Waals surface area contributed by atoms with Crippen LogP contribution >= 0.6 is 0 Å². The number of halogens is 1. The van der Waals surface area contributed by atoms with Crippen molar-refractivity contribution in [2.24, 2.45) is 0 Å². The molecule has 0 saturated carbocycles. The van der Waals surface area contributed by atoms with Gasteiger partial charge in [0.1, 0.15) is 11.4 Å². The highest BCUT2D eigenvalue weighted by Gasteiger charge is 2.71. The lowest BCUT2D eigenvalue weighted by atomic mass is 9.70. The first-order chi connectivity index (χ1) is 19.4. The van der Waals surface area contributed by atoms with Gasteiger partial charge in [-0.3, -0.25) is 19.8 Å². The number of anilines is 1. The minimum absolute atomic E-state index is 0.0656. The Morgan fingerprint density at radius 1 is 1.10 bits per heavy atom. The van der Waals surface area contributed by atoms with Crippen LogP contribution in [0.2, 0.25) is 0 Å². The van der Waals surface area contributed by atoms with Crippen LogP contribution in [0, 0.1) is 22.9 Å². The fraction of sp³-hybridized carbons (Fsp3) is 0.290. The van der Waals surface area contributed by atoms with Crippen LogP contribution < -0.4 is 4.90 Å². The van der Waals surface area contributed by atoms with Crippen molar-refractivity contribution in [1.82, 2.24) is 10.1 Å². The van der Waals surface area contributed by atoms with E-state index in [9.17, 15) is 14.5 Å². The van der Waals surface area contributed by atoms with Crippen LogP contribution in [-0.2, 0) is 16.9 Å². The summed E-state index contributed by atoms with van der Waals surface area (Å²) in [4.78, 5) is 30.9. The van der Waals surface area contributed by atoms with Crippen LogP contribution in [0.5, 0.6) is 0 Å². The van der Waals surface area contributed by atoms with Gasteiger partial charge in [0.15, 0.2) is 5.69 Å². The molecule has 3 aliphatic rings. The minimum atomic E-state index is -1.28. The largest absolute Gasteiger partial charge is 0.353 e. The number of carbonyl (C=O) groups excluding carboxylic acids is 1. The zero-order chi connectivity index (χ0) is 27.6. The molecule has 7 rings (SSSR count). The summed E-state index contributed by atoms with van der Waals surface area (Å²) in [6.45, 7) is 2.52. The number of aromatic nitrogens is 1. The van der Waals surface area contributed by atoms with E-state index in [2.05, 4.69) is 10.1 Å². The van der Waals surface area contributed by atoms with Gasteiger partial charge in [0.25, 0.3) is 5.91 Å². The number of para-hydroxylation sites is 1. The summed E-state index contributed by atoms with van der Waals surface area (Å²) in [5.74, 6) is -1.71. The lowest BCUT2D eigenvalue weighted by Gasteiger charge is -2.37. The molecular formula is C31H27FN4O4. The number of nitro groups is 1. The minimum Gasteiger partial charge on any atom is -0.353 e. The van der Waals surface area contributed by atoms with Gasteiger partial charge in [0.2, 0.25) is 5.76 Å². The molecule has 3 aromatic carbocycles. The number of benzene rings is 3. The van der Waals surface area contributed by atoms with Gasteiger partial charge in [-0.25, -0.2) is 4.39 Å². The molecule has 4 heterocycles. The Hall–Kier alpha value is -4.37. The average molecular weight is 539 g/mol. The smallest absolute Gasteiger partial charge is 0.334 e. The first kappa shape index (κ1) is 24.7. The highest BCUT2D eigenvalue weighted by molar-refractivity contribution is 6.09. The molecule has 2 saturated heterocycles. The molecule has 0 bridgehead atoms. The van der Waals surface area contributed by atoms with Gasteiger partial charge < -0.3 is 9.42 Å². The summed E-state index contributed by atoms with van der Waals surface area (Å²) in [6, 6.07) is 23.7. The second kappa shape index (κ2) is 9.09. The quantitative estimate of drug-likeness (QED) is 0.235. The van der Waals surface area contributed by atoms with Crippen molar-refractivity contribution in [1.29, 1.82) is 0 Å². The summed E-state index contributed by atoms with van der Waals surface area (Å²) in [5, 5.41) is 16.4. The molecule has 0 aliphatic carbocycles. The fourth-order valence-electron chi connectivity index (χ4n) is 7.52. The summed E-state index contributed by atoms with van der Waals surface area (Å²) < 4.78 is 20.5. The number of carbonyl (C=O) groups is 1. The van der Waals surface area contributed by atoms with E-state index in [0.717, 1.165) is 29.7 Å². The summed E-state index contributed by atoms with van der Waals surface area (Å²) in [6.07, 6.45) is 1.63.